The van der Waals surface area contributed by atoms with Gasteiger partial charge in [-0.2, -0.15) is 8.42 Å². The van der Waals surface area contributed by atoms with Crippen molar-refractivity contribution in [3.8, 4) is 11.5 Å². The largest absolute Gasteiger partial charge is 0.455 e. The van der Waals surface area contributed by atoms with Gasteiger partial charge in [0.1, 0.15) is 17.3 Å². The van der Waals surface area contributed by atoms with E-state index in [0.29, 0.717) is 11.7 Å². The molecule has 0 unspecified atom stereocenters. The van der Waals surface area contributed by atoms with Crippen LogP contribution in [0.4, 0.5) is 4.39 Å². The molecule has 0 heterocycles. The van der Waals surface area contributed by atoms with Crippen molar-refractivity contribution in [1.29, 1.82) is 0 Å². The Hall–Kier alpha value is -3.01. The van der Waals surface area contributed by atoms with Gasteiger partial charge < -0.3 is 4.74 Å². The molecule has 3 aromatic rings. The maximum absolute atomic E-state index is 14.3. The molecule has 0 saturated heterocycles. The van der Waals surface area contributed by atoms with Crippen LogP contribution in [0, 0.1) is 5.82 Å². The molecule has 28 heavy (non-hydrogen) atoms. The second kappa shape index (κ2) is 7.55. The summed E-state index contributed by atoms with van der Waals surface area (Å²) in [7, 11) is -4.37. The molecular weight excluding hydrogens is 411 g/mol. The second-order valence-electron chi connectivity index (χ2n) is 5.66. The predicted octanol–water partition coefficient (Wildman–Crippen LogP) is 3.17. The third kappa shape index (κ3) is 4.11. The van der Waals surface area contributed by atoms with Crippen LogP contribution in [-0.4, -0.2) is 20.6 Å². The number of carbonyl (C=O) groups is 2. The molecule has 0 bridgehead atoms. The number of amides is 1. The van der Waals surface area contributed by atoms with E-state index in [1.165, 1.54) is 10.8 Å². The molecule has 3 N–H and O–H groups in total. The van der Waals surface area contributed by atoms with E-state index in [-0.39, 0.29) is 22.1 Å². The molecule has 3 aromatic carbocycles. The van der Waals surface area contributed by atoms with E-state index in [1.807, 2.05) is 12.1 Å². The van der Waals surface area contributed by atoms with Gasteiger partial charge in [-0.25, -0.2) is 14.3 Å². The van der Waals surface area contributed by atoms with Crippen molar-refractivity contribution in [2.24, 2.45) is 5.14 Å². The van der Waals surface area contributed by atoms with Crippen molar-refractivity contribution in [2.75, 3.05) is 0 Å². The number of aldehydes is 1. The first-order valence-corrected chi connectivity index (χ1v) is 9.60. The van der Waals surface area contributed by atoms with E-state index in [4.69, 9.17) is 21.5 Å². The lowest BCUT2D eigenvalue weighted by molar-refractivity contribution is 0.0977. The molecule has 0 fully saturated rings. The highest BCUT2D eigenvalue weighted by atomic mass is 35.5. The van der Waals surface area contributed by atoms with E-state index < -0.39 is 27.5 Å². The van der Waals surface area contributed by atoms with Gasteiger partial charge in [-0.3, -0.25) is 9.59 Å². The summed E-state index contributed by atoms with van der Waals surface area (Å²) in [6, 6.07) is 12.1. The quantitative estimate of drug-likeness (QED) is 0.613. The van der Waals surface area contributed by atoms with Gasteiger partial charge in [-0.1, -0.05) is 41.9 Å². The highest BCUT2D eigenvalue weighted by Gasteiger charge is 2.20. The van der Waals surface area contributed by atoms with Gasteiger partial charge in [0.05, 0.1) is 16.1 Å². The number of ether oxygens (including phenoxy) is 1. The molecule has 0 aliphatic rings. The Morgan fingerprint density at radius 2 is 1.86 bits per heavy atom. The molecule has 0 aliphatic carbocycles. The maximum Gasteiger partial charge on any atom is 0.298 e. The van der Waals surface area contributed by atoms with Crippen LogP contribution in [-0.2, 0) is 10.2 Å². The van der Waals surface area contributed by atoms with Gasteiger partial charge >= 0.3 is 0 Å². The number of carbonyl (C=O) groups excluding carboxylic acids is 2. The van der Waals surface area contributed by atoms with Gasteiger partial charge in [0, 0.05) is 6.07 Å². The van der Waals surface area contributed by atoms with E-state index >= 15 is 0 Å². The Labute approximate surface area is 164 Å². The minimum absolute atomic E-state index is 0.136. The topological polar surface area (TPSA) is 116 Å². The van der Waals surface area contributed by atoms with Gasteiger partial charge in [0.2, 0.25) is 0 Å². The molecule has 0 atom stereocenters. The number of rotatable bonds is 5. The van der Waals surface area contributed by atoms with E-state index in [9.17, 15) is 22.4 Å². The standard InChI is InChI=1S/C18H12ClFN2O5S/c19-14-7-12(18(24)22-28(21,25)26)15(20)8-17(14)27-16-6-5-10-3-1-2-4-11(10)13(16)9-23/h1-9H,(H,22,24)(H2,21,25,26). The molecule has 1 amide bonds. The summed E-state index contributed by atoms with van der Waals surface area (Å²) in [5.41, 5.74) is -0.397. The van der Waals surface area contributed by atoms with Crippen LogP contribution in [0.25, 0.3) is 10.8 Å². The van der Waals surface area contributed by atoms with Crippen LogP contribution in [0.3, 0.4) is 0 Å². The zero-order valence-electron chi connectivity index (χ0n) is 14.0. The number of fused-ring (bicyclic) bond motifs is 1. The fraction of sp³-hybridized carbons (Fsp3) is 0. The Bertz CT molecular complexity index is 1210. The van der Waals surface area contributed by atoms with E-state index in [1.54, 1.807) is 18.2 Å². The van der Waals surface area contributed by atoms with Crippen molar-refractivity contribution >= 4 is 44.8 Å². The van der Waals surface area contributed by atoms with E-state index in [2.05, 4.69) is 0 Å². The normalized spacial score (nSPS) is 11.2. The third-order valence-electron chi connectivity index (χ3n) is 3.77. The summed E-state index contributed by atoms with van der Waals surface area (Å²) in [5, 5.41) is 5.97. The summed E-state index contributed by atoms with van der Waals surface area (Å²) in [4.78, 5) is 23.3. The second-order valence-corrected chi connectivity index (χ2v) is 7.36. The maximum atomic E-state index is 14.3. The predicted molar refractivity (Wildman–Crippen MR) is 101 cm³/mol. The van der Waals surface area contributed by atoms with Crippen molar-refractivity contribution < 1.29 is 27.1 Å². The molecular formula is C18H12ClFN2O5S. The Balaban J connectivity index is 2.00. The summed E-state index contributed by atoms with van der Waals surface area (Å²) < 4.78 is 43.2. The Morgan fingerprint density at radius 3 is 2.54 bits per heavy atom. The lowest BCUT2D eigenvalue weighted by atomic mass is 10.0. The van der Waals surface area contributed by atoms with Crippen LogP contribution >= 0.6 is 11.6 Å². The van der Waals surface area contributed by atoms with Gasteiger partial charge in [0.15, 0.2) is 6.29 Å². The SMILES string of the molecule is NS(=O)(=O)NC(=O)c1cc(Cl)c(Oc2ccc3ccccc3c2C=O)cc1F. The first-order valence-electron chi connectivity index (χ1n) is 7.68. The minimum Gasteiger partial charge on any atom is -0.455 e. The molecule has 144 valence electrons. The first-order chi connectivity index (χ1) is 13.2. The van der Waals surface area contributed by atoms with Gasteiger partial charge in [-0.15, -0.1) is 0 Å². The number of nitrogens with one attached hydrogen (secondary N) is 1. The zero-order valence-corrected chi connectivity index (χ0v) is 15.6. The van der Waals surface area contributed by atoms with Crippen molar-refractivity contribution in [3.63, 3.8) is 0 Å². The number of nitrogens with two attached hydrogens (primary N) is 1. The van der Waals surface area contributed by atoms with Gasteiger partial charge in [0.25, 0.3) is 16.1 Å². The summed E-state index contributed by atoms with van der Waals surface area (Å²) in [6.07, 6.45) is 0.607. The third-order valence-corrected chi connectivity index (χ3v) is 4.53. The number of benzene rings is 3. The summed E-state index contributed by atoms with van der Waals surface area (Å²) in [6.45, 7) is 0. The zero-order chi connectivity index (χ0) is 20.5. The van der Waals surface area contributed by atoms with Crippen molar-refractivity contribution in [1.82, 2.24) is 4.72 Å². The highest BCUT2D eigenvalue weighted by molar-refractivity contribution is 7.87. The minimum atomic E-state index is -4.37. The fourth-order valence-corrected chi connectivity index (χ4v) is 3.14. The summed E-state index contributed by atoms with van der Waals surface area (Å²) in [5.74, 6) is -2.40. The Kier molecular flexibility index (Phi) is 5.32. The van der Waals surface area contributed by atoms with Crippen LogP contribution in [0.5, 0.6) is 11.5 Å². The lowest BCUT2D eigenvalue weighted by Crippen LogP contribution is -2.36. The molecule has 3 rings (SSSR count). The average molecular weight is 423 g/mol. The van der Waals surface area contributed by atoms with Gasteiger partial charge in [-0.05, 0) is 22.9 Å². The molecule has 0 aliphatic heterocycles. The van der Waals surface area contributed by atoms with Crippen LogP contribution < -0.4 is 14.6 Å². The van der Waals surface area contributed by atoms with E-state index in [0.717, 1.165) is 17.5 Å². The molecule has 0 saturated carbocycles. The van der Waals surface area contributed by atoms with Crippen molar-refractivity contribution in [3.05, 3.63) is 70.5 Å². The van der Waals surface area contributed by atoms with Crippen LogP contribution in [0.2, 0.25) is 5.02 Å². The lowest BCUT2D eigenvalue weighted by Gasteiger charge is -2.13. The Morgan fingerprint density at radius 1 is 1.14 bits per heavy atom. The molecule has 0 spiro atoms. The molecule has 0 radical (unpaired) electrons. The monoisotopic (exact) mass is 422 g/mol. The fourth-order valence-electron chi connectivity index (χ4n) is 2.57. The van der Waals surface area contributed by atoms with Crippen LogP contribution in [0.15, 0.2) is 48.5 Å². The van der Waals surface area contributed by atoms with Crippen LogP contribution in [0.1, 0.15) is 20.7 Å². The number of hydrogen-bond acceptors (Lipinski definition) is 5. The molecule has 7 nitrogen and oxygen atoms in total. The first kappa shape index (κ1) is 19.7. The highest BCUT2D eigenvalue weighted by Crippen LogP contribution is 2.35. The van der Waals surface area contributed by atoms with Crippen molar-refractivity contribution in [2.45, 2.75) is 0 Å². The summed E-state index contributed by atoms with van der Waals surface area (Å²) >= 11 is 6.04. The smallest absolute Gasteiger partial charge is 0.298 e. The average Bonchev–Trinajstić information content (AvgIpc) is 2.62. The number of halogens is 2. The molecule has 10 heteroatoms. The number of hydrogen-bond donors (Lipinski definition) is 2. The molecule has 0 aromatic heterocycles.